The third kappa shape index (κ3) is 5.55. The van der Waals surface area contributed by atoms with Crippen molar-refractivity contribution in [1.29, 1.82) is 0 Å². The first-order valence-electron chi connectivity index (χ1n) is 9.86. The second-order valence-corrected chi connectivity index (χ2v) is 7.18. The maximum absolute atomic E-state index is 13.6. The molecule has 0 saturated heterocycles. The monoisotopic (exact) mass is 362 g/mol. The van der Waals surface area contributed by atoms with Gasteiger partial charge < -0.3 is 10.2 Å². The number of benzene rings is 1. The van der Waals surface area contributed by atoms with E-state index in [1.807, 2.05) is 4.90 Å². The van der Waals surface area contributed by atoms with Crippen LogP contribution in [0.1, 0.15) is 57.9 Å². The summed E-state index contributed by atoms with van der Waals surface area (Å²) in [4.78, 5) is 27.0. The average molecular weight is 362 g/mol. The number of hydrogen-bond donors (Lipinski definition) is 1. The molecule has 0 aromatic heterocycles. The lowest BCUT2D eigenvalue weighted by Crippen LogP contribution is -2.40. The predicted molar refractivity (Wildman–Crippen MR) is 101 cm³/mol. The van der Waals surface area contributed by atoms with Crippen LogP contribution in [0.25, 0.3) is 0 Å². The predicted octanol–water partition coefficient (Wildman–Crippen LogP) is 3.90. The van der Waals surface area contributed by atoms with Gasteiger partial charge in [-0.3, -0.25) is 9.59 Å². The Morgan fingerprint density at radius 3 is 2.19 bits per heavy atom. The summed E-state index contributed by atoms with van der Waals surface area (Å²) in [7, 11) is 0. The average Bonchev–Trinajstić information content (AvgIpc) is 2.66. The minimum atomic E-state index is -0.297. The molecule has 0 atom stereocenters. The molecule has 2 rings (SSSR count). The van der Waals surface area contributed by atoms with Crippen molar-refractivity contribution in [1.82, 2.24) is 10.2 Å². The van der Waals surface area contributed by atoms with Gasteiger partial charge in [0, 0.05) is 37.0 Å². The SMILES string of the molecule is CCCN(CCC)C(=O)C1CCC(C(=O)NCc2ccccc2F)CC1. The molecule has 4 nitrogen and oxygen atoms in total. The van der Waals surface area contributed by atoms with Crippen molar-refractivity contribution in [3.05, 3.63) is 35.6 Å². The van der Waals surface area contributed by atoms with Crippen LogP contribution < -0.4 is 5.32 Å². The van der Waals surface area contributed by atoms with E-state index in [1.165, 1.54) is 6.07 Å². The van der Waals surface area contributed by atoms with Gasteiger partial charge in [0.2, 0.25) is 11.8 Å². The van der Waals surface area contributed by atoms with Crippen molar-refractivity contribution in [3.8, 4) is 0 Å². The zero-order valence-corrected chi connectivity index (χ0v) is 16.0. The molecule has 1 saturated carbocycles. The minimum absolute atomic E-state index is 0.0295. The third-order valence-electron chi connectivity index (χ3n) is 5.16. The highest BCUT2D eigenvalue weighted by atomic mass is 19.1. The van der Waals surface area contributed by atoms with E-state index in [-0.39, 0.29) is 36.0 Å². The molecule has 2 amide bonds. The van der Waals surface area contributed by atoms with Crippen LogP contribution in [0.2, 0.25) is 0 Å². The highest BCUT2D eigenvalue weighted by Gasteiger charge is 2.31. The van der Waals surface area contributed by atoms with Gasteiger partial charge >= 0.3 is 0 Å². The molecule has 1 aliphatic carbocycles. The molecule has 0 spiro atoms. The number of halogens is 1. The summed E-state index contributed by atoms with van der Waals surface area (Å²) < 4.78 is 13.6. The van der Waals surface area contributed by atoms with Gasteiger partial charge in [-0.05, 0) is 44.6 Å². The topological polar surface area (TPSA) is 49.4 Å². The number of carbonyl (C=O) groups excluding carboxylic acids is 2. The molecular formula is C21H31FN2O2. The van der Waals surface area contributed by atoms with Gasteiger partial charge in [-0.15, -0.1) is 0 Å². The van der Waals surface area contributed by atoms with Gasteiger partial charge in [-0.2, -0.15) is 0 Å². The fourth-order valence-electron chi connectivity index (χ4n) is 3.70. The van der Waals surface area contributed by atoms with Gasteiger partial charge in [0.1, 0.15) is 5.82 Å². The summed E-state index contributed by atoms with van der Waals surface area (Å²) in [5.41, 5.74) is 0.500. The molecule has 0 heterocycles. The van der Waals surface area contributed by atoms with E-state index in [9.17, 15) is 14.0 Å². The van der Waals surface area contributed by atoms with Crippen LogP contribution in [0.5, 0.6) is 0 Å². The summed E-state index contributed by atoms with van der Waals surface area (Å²) in [5.74, 6) is -0.105. The van der Waals surface area contributed by atoms with E-state index >= 15 is 0 Å². The molecule has 0 aliphatic heterocycles. The number of carbonyl (C=O) groups is 2. The van der Waals surface area contributed by atoms with Gasteiger partial charge in [-0.1, -0.05) is 32.0 Å². The Balaban J connectivity index is 1.80. The van der Waals surface area contributed by atoms with E-state index in [0.717, 1.165) is 51.6 Å². The maximum Gasteiger partial charge on any atom is 0.225 e. The highest BCUT2D eigenvalue weighted by molar-refractivity contribution is 5.81. The lowest BCUT2D eigenvalue weighted by atomic mass is 9.81. The Kier molecular flexibility index (Phi) is 8.07. The Morgan fingerprint density at radius 1 is 1.04 bits per heavy atom. The van der Waals surface area contributed by atoms with Crippen molar-refractivity contribution in [2.45, 2.75) is 58.9 Å². The first-order chi connectivity index (χ1) is 12.6. The van der Waals surface area contributed by atoms with E-state index in [1.54, 1.807) is 18.2 Å². The molecule has 144 valence electrons. The second kappa shape index (κ2) is 10.3. The number of nitrogens with one attached hydrogen (secondary N) is 1. The standard InChI is InChI=1S/C21H31FN2O2/c1-3-13-24(14-4-2)21(26)17-11-9-16(10-12-17)20(25)23-15-18-7-5-6-8-19(18)22/h5-8,16-17H,3-4,9-15H2,1-2H3,(H,23,25). The quantitative estimate of drug-likeness (QED) is 0.762. The van der Waals surface area contributed by atoms with Crippen LogP contribution in [0, 0.1) is 17.7 Å². The first kappa shape index (κ1) is 20.4. The molecule has 1 fully saturated rings. The fourth-order valence-corrected chi connectivity index (χ4v) is 3.70. The van der Waals surface area contributed by atoms with Crippen molar-refractivity contribution in [2.24, 2.45) is 11.8 Å². The Morgan fingerprint density at radius 2 is 1.62 bits per heavy atom. The van der Waals surface area contributed by atoms with E-state index in [4.69, 9.17) is 0 Å². The van der Waals surface area contributed by atoms with E-state index < -0.39 is 0 Å². The Hall–Kier alpha value is -1.91. The molecule has 0 bridgehead atoms. The molecule has 1 aliphatic rings. The van der Waals surface area contributed by atoms with Crippen LogP contribution >= 0.6 is 0 Å². The molecule has 0 radical (unpaired) electrons. The number of amides is 2. The Labute approximate surface area is 156 Å². The van der Waals surface area contributed by atoms with Crippen molar-refractivity contribution in [3.63, 3.8) is 0 Å². The fraction of sp³-hybridized carbons (Fsp3) is 0.619. The van der Waals surface area contributed by atoms with Crippen LogP contribution in [0.4, 0.5) is 4.39 Å². The van der Waals surface area contributed by atoms with Crippen molar-refractivity contribution in [2.75, 3.05) is 13.1 Å². The second-order valence-electron chi connectivity index (χ2n) is 7.18. The number of rotatable bonds is 8. The van der Waals surface area contributed by atoms with Gasteiger partial charge in [0.25, 0.3) is 0 Å². The molecule has 26 heavy (non-hydrogen) atoms. The summed E-state index contributed by atoms with van der Waals surface area (Å²) >= 11 is 0. The molecule has 0 unspecified atom stereocenters. The summed E-state index contributed by atoms with van der Waals surface area (Å²) in [6.07, 6.45) is 4.93. The van der Waals surface area contributed by atoms with E-state index in [2.05, 4.69) is 19.2 Å². The zero-order valence-electron chi connectivity index (χ0n) is 16.0. The van der Waals surface area contributed by atoms with Crippen LogP contribution in [-0.2, 0) is 16.1 Å². The van der Waals surface area contributed by atoms with Gasteiger partial charge in [0.15, 0.2) is 0 Å². The van der Waals surface area contributed by atoms with Crippen molar-refractivity contribution >= 4 is 11.8 Å². The highest BCUT2D eigenvalue weighted by Crippen LogP contribution is 2.30. The molecular weight excluding hydrogens is 331 g/mol. The molecule has 1 N–H and O–H groups in total. The summed E-state index contributed by atoms with van der Waals surface area (Å²) in [5, 5.41) is 2.84. The van der Waals surface area contributed by atoms with Crippen LogP contribution in [-0.4, -0.2) is 29.8 Å². The third-order valence-corrected chi connectivity index (χ3v) is 5.16. The first-order valence-corrected chi connectivity index (χ1v) is 9.86. The molecule has 5 heteroatoms. The smallest absolute Gasteiger partial charge is 0.225 e. The zero-order chi connectivity index (χ0) is 18.9. The maximum atomic E-state index is 13.6. The lowest BCUT2D eigenvalue weighted by Gasteiger charge is -2.31. The molecule has 1 aromatic carbocycles. The Bertz CT molecular complexity index is 591. The van der Waals surface area contributed by atoms with Crippen LogP contribution in [0.3, 0.4) is 0 Å². The van der Waals surface area contributed by atoms with E-state index in [0.29, 0.717) is 5.56 Å². The largest absolute Gasteiger partial charge is 0.352 e. The van der Waals surface area contributed by atoms with Crippen LogP contribution in [0.15, 0.2) is 24.3 Å². The normalized spacial score (nSPS) is 19.8. The van der Waals surface area contributed by atoms with Crippen molar-refractivity contribution < 1.29 is 14.0 Å². The summed E-state index contributed by atoms with van der Waals surface area (Å²) in [6, 6.07) is 6.48. The lowest BCUT2D eigenvalue weighted by molar-refractivity contribution is -0.138. The number of hydrogen-bond acceptors (Lipinski definition) is 2. The minimum Gasteiger partial charge on any atom is -0.352 e. The van der Waals surface area contributed by atoms with Gasteiger partial charge in [-0.25, -0.2) is 4.39 Å². The summed E-state index contributed by atoms with van der Waals surface area (Å²) in [6.45, 7) is 6.02. The molecule has 1 aromatic rings. The number of nitrogens with zero attached hydrogens (tertiary/aromatic N) is 1. The van der Waals surface area contributed by atoms with Gasteiger partial charge in [0.05, 0.1) is 0 Å².